The van der Waals surface area contributed by atoms with E-state index in [0.717, 1.165) is 11.3 Å². The number of halogens is 1. The summed E-state index contributed by atoms with van der Waals surface area (Å²) in [6, 6.07) is 5.60. The normalized spacial score (nSPS) is 23.2. The van der Waals surface area contributed by atoms with Crippen molar-refractivity contribution in [3.8, 4) is 0 Å². The van der Waals surface area contributed by atoms with Gasteiger partial charge < -0.3 is 5.32 Å². The highest BCUT2D eigenvalue weighted by molar-refractivity contribution is 7.91. The molecular formula is C11H14ClNO2S. The van der Waals surface area contributed by atoms with Crippen LogP contribution in [-0.4, -0.2) is 26.0 Å². The smallest absolute Gasteiger partial charge is 0.152 e. The van der Waals surface area contributed by atoms with Gasteiger partial charge in [-0.15, -0.1) is 0 Å². The van der Waals surface area contributed by atoms with Crippen molar-refractivity contribution in [1.29, 1.82) is 0 Å². The maximum Gasteiger partial charge on any atom is 0.152 e. The number of rotatable bonds is 2. The maximum absolute atomic E-state index is 11.3. The van der Waals surface area contributed by atoms with Gasteiger partial charge in [-0.2, -0.15) is 0 Å². The first-order valence-corrected chi connectivity index (χ1v) is 7.39. The SMILES string of the molecule is Cc1cc(Cl)ccc1NC1CCS(=O)(=O)C1. The van der Waals surface area contributed by atoms with Gasteiger partial charge in [-0.1, -0.05) is 11.6 Å². The molecule has 0 spiro atoms. The highest BCUT2D eigenvalue weighted by atomic mass is 35.5. The summed E-state index contributed by atoms with van der Waals surface area (Å²) >= 11 is 5.86. The molecule has 1 aliphatic heterocycles. The number of hydrogen-bond donors (Lipinski definition) is 1. The van der Waals surface area contributed by atoms with Crippen molar-refractivity contribution in [1.82, 2.24) is 0 Å². The summed E-state index contributed by atoms with van der Waals surface area (Å²) in [5.74, 6) is 0.520. The van der Waals surface area contributed by atoms with Gasteiger partial charge >= 0.3 is 0 Å². The molecule has 2 rings (SSSR count). The summed E-state index contributed by atoms with van der Waals surface area (Å²) in [7, 11) is -2.83. The number of aryl methyl sites for hydroxylation is 1. The summed E-state index contributed by atoms with van der Waals surface area (Å²) < 4.78 is 22.6. The summed E-state index contributed by atoms with van der Waals surface area (Å²) in [4.78, 5) is 0. The lowest BCUT2D eigenvalue weighted by Crippen LogP contribution is -2.20. The van der Waals surface area contributed by atoms with Gasteiger partial charge in [0.25, 0.3) is 0 Å². The molecule has 88 valence electrons. The second kappa shape index (κ2) is 4.26. The Morgan fingerprint density at radius 3 is 2.75 bits per heavy atom. The summed E-state index contributed by atoms with van der Waals surface area (Å²) in [5.41, 5.74) is 2.00. The molecule has 1 aromatic rings. The van der Waals surface area contributed by atoms with Crippen LogP contribution in [0.5, 0.6) is 0 Å². The molecule has 3 nitrogen and oxygen atoms in total. The van der Waals surface area contributed by atoms with E-state index in [4.69, 9.17) is 11.6 Å². The van der Waals surface area contributed by atoms with E-state index in [1.807, 2.05) is 19.1 Å². The molecule has 1 aromatic carbocycles. The molecule has 1 fully saturated rings. The minimum atomic E-state index is -2.83. The van der Waals surface area contributed by atoms with Gasteiger partial charge in [0.15, 0.2) is 9.84 Å². The Bertz CT molecular complexity index is 499. The molecule has 0 radical (unpaired) electrons. The van der Waals surface area contributed by atoms with E-state index < -0.39 is 9.84 Å². The van der Waals surface area contributed by atoms with Gasteiger partial charge in [-0.3, -0.25) is 0 Å². The van der Waals surface area contributed by atoms with Gasteiger partial charge in [0.1, 0.15) is 0 Å². The third-order valence-electron chi connectivity index (χ3n) is 2.78. The van der Waals surface area contributed by atoms with Crippen LogP contribution >= 0.6 is 11.6 Å². The first-order valence-electron chi connectivity index (χ1n) is 5.19. The topological polar surface area (TPSA) is 46.2 Å². The van der Waals surface area contributed by atoms with Crippen molar-refractivity contribution in [3.63, 3.8) is 0 Å². The fraction of sp³-hybridized carbons (Fsp3) is 0.455. The van der Waals surface area contributed by atoms with E-state index in [2.05, 4.69) is 5.32 Å². The number of benzene rings is 1. The predicted molar refractivity (Wildman–Crippen MR) is 66.9 cm³/mol. The highest BCUT2D eigenvalue weighted by Crippen LogP contribution is 2.23. The quantitative estimate of drug-likeness (QED) is 0.886. The number of nitrogens with one attached hydrogen (secondary N) is 1. The molecule has 0 bridgehead atoms. The zero-order chi connectivity index (χ0) is 11.8. The second-order valence-corrected chi connectivity index (χ2v) is 6.87. The Morgan fingerprint density at radius 1 is 1.44 bits per heavy atom. The lowest BCUT2D eigenvalue weighted by Gasteiger charge is -2.14. The van der Waals surface area contributed by atoms with Crippen molar-refractivity contribution >= 4 is 27.1 Å². The standard InChI is InChI=1S/C11H14ClNO2S/c1-8-6-9(12)2-3-11(8)13-10-4-5-16(14,15)7-10/h2-3,6,10,13H,4-5,7H2,1H3. The monoisotopic (exact) mass is 259 g/mol. The molecule has 0 aliphatic carbocycles. The first kappa shape index (κ1) is 11.7. The Hall–Kier alpha value is -0.740. The molecule has 16 heavy (non-hydrogen) atoms. The van der Waals surface area contributed by atoms with Crippen LogP contribution in [0.25, 0.3) is 0 Å². The zero-order valence-corrected chi connectivity index (χ0v) is 10.6. The molecular weight excluding hydrogens is 246 g/mol. The molecule has 0 amide bonds. The third-order valence-corrected chi connectivity index (χ3v) is 4.78. The van der Waals surface area contributed by atoms with Crippen molar-refractivity contribution in [2.75, 3.05) is 16.8 Å². The van der Waals surface area contributed by atoms with Crippen molar-refractivity contribution in [2.24, 2.45) is 0 Å². The average molecular weight is 260 g/mol. The fourth-order valence-electron chi connectivity index (χ4n) is 1.92. The lowest BCUT2D eigenvalue weighted by atomic mass is 10.1. The Morgan fingerprint density at radius 2 is 2.19 bits per heavy atom. The van der Waals surface area contributed by atoms with Gasteiger partial charge in [0, 0.05) is 16.8 Å². The molecule has 1 heterocycles. The van der Waals surface area contributed by atoms with E-state index in [1.54, 1.807) is 6.07 Å². The van der Waals surface area contributed by atoms with Crippen LogP contribution in [0.1, 0.15) is 12.0 Å². The van der Waals surface area contributed by atoms with Crippen LogP contribution in [0.15, 0.2) is 18.2 Å². The number of sulfone groups is 1. The van der Waals surface area contributed by atoms with E-state index in [0.29, 0.717) is 11.4 Å². The second-order valence-electron chi connectivity index (χ2n) is 4.20. The molecule has 1 aliphatic rings. The predicted octanol–water partition coefficient (Wildman–Crippen LogP) is 2.25. The third kappa shape index (κ3) is 2.68. The molecule has 5 heteroatoms. The summed E-state index contributed by atoms with van der Waals surface area (Å²) in [6.07, 6.45) is 0.685. The molecule has 1 atom stereocenters. The molecule has 1 saturated heterocycles. The van der Waals surface area contributed by atoms with Gasteiger partial charge in [0.05, 0.1) is 11.5 Å². The molecule has 0 aromatic heterocycles. The molecule has 1 N–H and O–H groups in total. The van der Waals surface area contributed by atoms with Crippen LogP contribution in [0.4, 0.5) is 5.69 Å². The fourth-order valence-corrected chi connectivity index (χ4v) is 3.82. The zero-order valence-electron chi connectivity index (χ0n) is 9.03. The Labute approximate surface area is 101 Å². The van der Waals surface area contributed by atoms with E-state index in [-0.39, 0.29) is 17.5 Å². The van der Waals surface area contributed by atoms with Crippen LogP contribution in [0.3, 0.4) is 0 Å². The molecule has 1 unspecified atom stereocenters. The van der Waals surface area contributed by atoms with Gasteiger partial charge in [-0.05, 0) is 37.1 Å². The van der Waals surface area contributed by atoms with Crippen LogP contribution < -0.4 is 5.32 Å². The van der Waals surface area contributed by atoms with Crippen molar-refractivity contribution in [2.45, 2.75) is 19.4 Å². The lowest BCUT2D eigenvalue weighted by molar-refractivity contribution is 0.602. The van der Waals surface area contributed by atoms with Crippen molar-refractivity contribution < 1.29 is 8.42 Å². The minimum absolute atomic E-state index is 0.0323. The molecule has 0 saturated carbocycles. The van der Waals surface area contributed by atoms with E-state index >= 15 is 0 Å². The number of hydrogen-bond acceptors (Lipinski definition) is 3. The highest BCUT2D eigenvalue weighted by Gasteiger charge is 2.27. The van der Waals surface area contributed by atoms with Crippen LogP contribution in [0, 0.1) is 6.92 Å². The number of anilines is 1. The van der Waals surface area contributed by atoms with Gasteiger partial charge in [-0.25, -0.2) is 8.42 Å². The van der Waals surface area contributed by atoms with Gasteiger partial charge in [0.2, 0.25) is 0 Å². The van der Waals surface area contributed by atoms with Crippen molar-refractivity contribution in [3.05, 3.63) is 28.8 Å². The maximum atomic E-state index is 11.3. The van der Waals surface area contributed by atoms with E-state index in [1.165, 1.54) is 0 Å². The van der Waals surface area contributed by atoms with E-state index in [9.17, 15) is 8.42 Å². The van der Waals surface area contributed by atoms with Crippen LogP contribution in [0.2, 0.25) is 5.02 Å². The first-order chi connectivity index (χ1) is 7.46. The van der Waals surface area contributed by atoms with Crippen LogP contribution in [-0.2, 0) is 9.84 Å². The summed E-state index contributed by atoms with van der Waals surface area (Å²) in [6.45, 7) is 1.96. The average Bonchev–Trinajstić information content (AvgIpc) is 2.51. The Balaban J connectivity index is 2.11. The minimum Gasteiger partial charge on any atom is -0.381 e. The largest absolute Gasteiger partial charge is 0.381 e. The summed E-state index contributed by atoms with van der Waals surface area (Å²) in [5, 5.41) is 3.95. The Kier molecular flexibility index (Phi) is 3.13.